The number of nitrogens with zero attached hydrogens (tertiary/aromatic N) is 3. The lowest BCUT2D eigenvalue weighted by atomic mass is 10.0. The summed E-state index contributed by atoms with van der Waals surface area (Å²) in [6.45, 7) is 11.0. The molecule has 122 valence electrons. The Balaban J connectivity index is 1.71. The lowest BCUT2D eigenvalue weighted by Crippen LogP contribution is -2.47. The number of anilines is 1. The van der Waals surface area contributed by atoms with E-state index in [1.807, 2.05) is 12.2 Å². The van der Waals surface area contributed by atoms with Gasteiger partial charge in [-0.25, -0.2) is 0 Å². The van der Waals surface area contributed by atoms with Gasteiger partial charge in [0, 0.05) is 49.7 Å². The van der Waals surface area contributed by atoms with Crippen LogP contribution in [0.4, 0.5) is 5.69 Å². The number of benzene rings is 1. The summed E-state index contributed by atoms with van der Waals surface area (Å²) in [7, 11) is 0. The highest BCUT2D eigenvalue weighted by atomic mass is 16.3. The van der Waals surface area contributed by atoms with Gasteiger partial charge in [-0.2, -0.15) is 5.10 Å². The lowest BCUT2D eigenvalue weighted by Gasteiger charge is -2.36. The average molecular weight is 312 g/mol. The van der Waals surface area contributed by atoms with Crippen molar-refractivity contribution in [2.45, 2.75) is 6.92 Å². The first kappa shape index (κ1) is 15.8. The molecule has 1 aromatic rings. The Hall–Kier alpha value is -2.11. The molecule has 0 atom stereocenters. The van der Waals surface area contributed by atoms with Gasteiger partial charge in [-0.05, 0) is 36.8 Å². The van der Waals surface area contributed by atoms with Crippen LogP contribution in [0.3, 0.4) is 0 Å². The standard InChI is InChI=1S/C18H24N4O/c1-14-13-16(17-5-3-15(2)19-20-17)4-6-18(14)22-9-7-21(8-10-22)11-12-23/h3-6,13,19,23H,2,7-12H2,1H3. The normalized spacial score (nSPS) is 18.8. The highest BCUT2D eigenvalue weighted by molar-refractivity contribution is 6.09. The van der Waals surface area contributed by atoms with Crippen molar-refractivity contribution in [2.75, 3.05) is 44.2 Å². The second kappa shape index (κ2) is 6.98. The molecule has 0 amide bonds. The number of nitrogens with one attached hydrogen (secondary N) is 1. The number of hydrogen-bond acceptors (Lipinski definition) is 5. The Morgan fingerprint density at radius 2 is 2.00 bits per heavy atom. The van der Waals surface area contributed by atoms with Gasteiger partial charge in [0.2, 0.25) is 0 Å². The fraction of sp³-hybridized carbons (Fsp3) is 0.389. The third-order valence-corrected chi connectivity index (χ3v) is 4.38. The second-order valence-electron chi connectivity index (χ2n) is 6.02. The topological polar surface area (TPSA) is 51.1 Å². The minimum absolute atomic E-state index is 0.240. The number of aryl methyl sites for hydroxylation is 1. The first-order valence-corrected chi connectivity index (χ1v) is 8.07. The van der Waals surface area contributed by atoms with Crippen LogP contribution in [-0.2, 0) is 0 Å². The summed E-state index contributed by atoms with van der Waals surface area (Å²) in [5, 5.41) is 13.4. The summed E-state index contributed by atoms with van der Waals surface area (Å²) in [6.07, 6.45) is 3.92. The Bertz CT molecular complexity index is 642. The van der Waals surface area contributed by atoms with Crippen molar-refractivity contribution in [3.63, 3.8) is 0 Å². The third kappa shape index (κ3) is 3.63. The van der Waals surface area contributed by atoms with E-state index in [1.54, 1.807) is 0 Å². The van der Waals surface area contributed by atoms with Crippen LogP contribution < -0.4 is 10.3 Å². The number of allylic oxidation sites excluding steroid dienone is 2. The van der Waals surface area contributed by atoms with Gasteiger partial charge in [-0.1, -0.05) is 12.6 Å². The zero-order valence-corrected chi connectivity index (χ0v) is 13.6. The maximum atomic E-state index is 9.03. The zero-order chi connectivity index (χ0) is 16.2. The number of aliphatic hydroxyl groups excluding tert-OH is 1. The van der Waals surface area contributed by atoms with Crippen molar-refractivity contribution in [3.05, 3.63) is 53.8 Å². The van der Waals surface area contributed by atoms with Crippen LogP contribution in [-0.4, -0.2) is 55.0 Å². The van der Waals surface area contributed by atoms with Crippen molar-refractivity contribution in [1.29, 1.82) is 0 Å². The molecule has 2 heterocycles. The van der Waals surface area contributed by atoms with Crippen molar-refractivity contribution in [3.8, 4) is 0 Å². The largest absolute Gasteiger partial charge is 0.395 e. The van der Waals surface area contributed by atoms with Crippen LogP contribution in [0.2, 0.25) is 0 Å². The summed E-state index contributed by atoms with van der Waals surface area (Å²) >= 11 is 0. The highest BCUT2D eigenvalue weighted by Gasteiger charge is 2.18. The third-order valence-electron chi connectivity index (χ3n) is 4.38. The smallest absolute Gasteiger partial charge is 0.0906 e. The van der Waals surface area contributed by atoms with Gasteiger partial charge >= 0.3 is 0 Å². The van der Waals surface area contributed by atoms with E-state index in [9.17, 15) is 0 Å². The fourth-order valence-electron chi connectivity index (χ4n) is 3.07. The van der Waals surface area contributed by atoms with Crippen LogP contribution >= 0.6 is 0 Å². The number of piperazine rings is 1. The van der Waals surface area contributed by atoms with Gasteiger partial charge in [0.1, 0.15) is 0 Å². The van der Waals surface area contributed by atoms with Gasteiger partial charge in [-0.15, -0.1) is 0 Å². The Labute approximate surface area is 137 Å². The molecule has 23 heavy (non-hydrogen) atoms. The predicted octanol–water partition coefficient (Wildman–Crippen LogP) is 1.49. The molecule has 0 saturated carbocycles. The van der Waals surface area contributed by atoms with Crippen molar-refractivity contribution >= 4 is 11.4 Å². The Morgan fingerprint density at radius 1 is 1.22 bits per heavy atom. The van der Waals surface area contributed by atoms with E-state index in [-0.39, 0.29) is 6.61 Å². The highest BCUT2D eigenvalue weighted by Crippen LogP contribution is 2.23. The molecule has 0 radical (unpaired) electrons. The monoisotopic (exact) mass is 312 g/mol. The molecular formula is C18H24N4O. The van der Waals surface area contributed by atoms with Crippen molar-refractivity contribution in [2.24, 2.45) is 5.10 Å². The van der Waals surface area contributed by atoms with E-state index in [4.69, 9.17) is 5.11 Å². The molecule has 0 unspecified atom stereocenters. The fourth-order valence-corrected chi connectivity index (χ4v) is 3.07. The predicted molar refractivity (Wildman–Crippen MR) is 94.9 cm³/mol. The van der Waals surface area contributed by atoms with E-state index >= 15 is 0 Å². The molecule has 5 heteroatoms. The van der Waals surface area contributed by atoms with Crippen LogP contribution in [0, 0.1) is 6.92 Å². The molecule has 2 N–H and O–H groups in total. The summed E-state index contributed by atoms with van der Waals surface area (Å²) in [5.74, 6) is 0. The molecule has 0 aromatic heterocycles. The molecule has 0 spiro atoms. The molecule has 0 bridgehead atoms. The maximum absolute atomic E-state index is 9.03. The van der Waals surface area contributed by atoms with E-state index in [0.717, 1.165) is 49.7 Å². The quantitative estimate of drug-likeness (QED) is 0.884. The zero-order valence-electron chi connectivity index (χ0n) is 13.6. The minimum atomic E-state index is 0.240. The molecular weight excluding hydrogens is 288 g/mol. The van der Waals surface area contributed by atoms with Crippen LogP contribution in [0.15, 0.2) is 47.7 Å². The molecule has 1 fully saturated rings. The van der Waals surface area contributed by atoms with Crippen molar-refractivity contribution < 1.29 is 5.11 Å². The Morgan fingerprint density at radius 3 is 2.61 bits per heavy atom. The molecule has 3 rings (SSSR count). The van der Waals surface area contributed by atoms with Gasteiger partial charge in [-0.3, -0.25) is 10.3 Å². The molecule has 2 aliphatic rings. The van der Waals surface area contributed by atoms with Crippen molar-refractivity contribution in [1.82, 2.24) is 10.3 Å². The molecule has 2 aliphatic heterocycles. The van der Waals surface area contributed by atoms with E-state index in [0.29, 0.717) is 0 Å². The Kier molecular flexibility index (Phi) is 4.79. The van der Waals surface area contributed by atoms with E-state index < -0.39 is 0 Å². The molecule has 1 saturated heterocycles. The first-order chi connectivity index (χ1) is 11.2. The van der Waals surface area contributed by atoms with Gasteiger partial charge in [0.25, 0.3) is 0 Å². The minimum Gasteiger partial charge on any atom is -0.395 e. The van der Waals surface area contributed by atoms with Gasteiger partial charge < -0.3 is 10.0 Å². The number of rotatable bonds is 4. The summed E-state index contributed by atoms with van der Waals surface area (Å²) in [6, 6.07) is 6.50. The van der Waals surface area contributed by atoms with Crippen LogP contribution in [0.1, 0.15) is 11.1 Å². The van der Waals surface area contributed by atoms with Gasteiger partial charge in [0.05, 0.1) is 12.3 Å². The lowest BCUT2D eigenvalue weighted by molar-refractivity contribution is 0.188. The molecule has 1 aromatic carbocycles. The number of hydrogen-bond donors (Lipinski definition) is 2. The first-order valence-electron chi connectivity index (χ1n) is 8.07. The average Bonchev–Trinajstić information content (AvgIpc) is 2.57. The summed E-state index contributed by atoms with van der Waals surface area (Å²) in [4.78, 5) is 4.73. The second-order valence-corrected chi connectivity index (χ2v) is 6.02. The maximum Gasteiger partial charge on any atom is 0.0906 e. The SMILES string of the molecule is C=C1C=CC(c2ccc(N3CCN(CCO)CC3)c(C)c2)=NN1. The molecule has 0 aliphatic carbocycles. The summed E-state index contributed by atoms with van der Waals surface area (Å²) < 4.78 is 0. The number of β-amino-alcohol motifs (C(OH)–C–C–N with tert-alkyl or cyclic N) is 1. The van der Waals surface area contributed by atoms with E-state index in [1.165, 1.54) is 11.3 Å². The van der Waals surface area contributed by atoms with E-state index in [2.05, 4.69) is 52.0 Å². The number of aliphatic hydroxyl groups is 1. The number of hydrazone groups is 1. The summed E-state index contributed by atoms with van der Waals surface area (Å²) in [5.41, 5.74) is 8.32. The van der Waals surface area contributed by atoms with Crippen LogP contribution in [0.5, 0.6) is 0 Å². The molecule has 5 nitrogen and oxygen atoms in total. The van der Waals surface area contributed by atoms with Crippen LogP contribution in [0.25, 0.3) is 0 Å². The van der Waals surface area contributed by atoms with Gasteiger partial charge in [0.15, 0.2) is 0 Å².